The highest BCUT2D eigenvalue weighted by Crippen LogP contribution is 2.23. The van der Waals surface area contributed by atoms with E-state index in [0.29, 0.717) is 17.7 Å². The summed E-state index contributed by atoms with van der Waals surface area (Å²) >= 11 is 1.54. The van der Waals surface area contributed by atoms with Crippen LogP contribution in [0.4, 0.5) is 0 Å². The van der Waals surface area contributed by atoms with E-state index < -0.39 is 0 Å². The first-order chi connectivity index (χ1) is 11.7. The van der Waals surface area contributed by atoms with Gasteiger partial charge in [0.1, 0.15) is 5.75 Å². The van der Waals surface area contributed by atoms with Gasteiger partial charge in [-0.2, -0.15) is 0 Å². The van der Waals surface area contributed by atoms with Gasteiger partial charge >= 0.3 is 0 Å². The van der Waals surface area contributed by atoms with Crippen LogP contribution in [-0.4, -0.2) is 27.5 Å². The number of benzene rings is 1. The first-order valence-electron chi connectivity index (χ1n) is 7.78. The molecule has 0 radical (unpaired) electrons. The summed E-state index contributed by atoms with van der Waals surface area (Å²) < 4.78 is 11.4. The fraction of sp³-hybridized carbons (Fsp3) is 0.278. The van der Waals surface area contributed by atoms with Crippen molar-refractivity contribution in [1.29, 1.82) is 0 Å². The third-order valence-electron chi connectivity index (χ3n) is 3.31. The third kappa shape index (κ3) is 4.58. The number of pyridine rings is 1. The van der Waals surface area contributed by atoms with Crippen LogP contribution in [0.5, 0.6) is 5.75 Å². The van der Waals surface area contributed by atoms with Crippen molar-refractivity contribution in [3.63, 3.8) is 0 Å². The third-order valence-corrected chi connectivity index (χ3v) is 4.22. The first kappa shape index (κ1) is 16.5. The normalized spacial score (nSPS) is 10.8. The second-order valence-corrected chi connectivity index (χ2v) is 6.53. The number of ether oxygens (including phenoxy) is 1. The molecule has 0 N–H and O–H groups in total. The molecular weight excluding hydrogens is 322 g/mol. The molecule has 0 saturated carbocycles. The van der Waals surface area contributed by atoms with Gasteiger partial charge in [0.05, 0.1) is 6.61 Å². The van der Waals surface area contributed by atoms with Gasteiger partial charge < -0.3 is 9.15 Å². The van der Waals surface area contributed by atoms with Gasteiger partial charge in [0.25, 0.3) is 5.22 Å². The minimum atomic E-state index is 0.520. The predicted molar refractivity (Wildman–Crippen MR) is 94.3 cm³/mol. The molecule has 0 saturated heterocycles. The van der Waals surface area contributed by atoms with Gasteiger partial charge in [-0.3, -0.25) is 4.98 Å². The molecule has 0 aliphatic heterocycles. The highest BCUT2D eigenvalue weighted by molar-refractivity contribution is 7.99. The van der Waals surface area contributed by atoms with E-state index in [4.69, 9.17) is 9.15 Å². The molecular formula is C18H19N3O2S. The van der Waals surface area contributed by atoms with Gasteiger partial charge in [-0.1, -0.05) is 17.8 Å². The average molecular weight is 341 g/mol. The average Bonchev–Trinajstić information content (AvgIpc) is 3.03. The molecule has 2 heterocycles. The van der Waals surface area contributed by atoms with Crippen LogP contribution in [0.2, 0.25) is 0 Å². The molecule has 24 heavy (non-hydrogen) atoms. The van der Waals surface area contributed by atoms with Gasteiger partial charge in [-0.05, 0) is 55.7 Å². The Bertz CT molecular complexity index is 770. The molecule has 0 atom stereocenters. The number of hydrogen-bond donors (Lipinski definition) is 0. The maximum atomic E-state index is 5.79. The summed E-state index contributed by atoms with van der Waals surface area (Å²) in [6.07, 6.45) is 4.32. The molecule has 0 aliphatic carbocycles. The van der Waals surface area contributed by atoms with Crippen LogP contribution < -0.4 is 4.74 Å². The summed E-state index contributed by atoms with van der Waals surface area (Å²) in [5.41, 5.74) is 3.31. The topological polar surface area (TPSA) is 61.0 Å². The second-order valence-electron chi connectivity index (χ2n) is 5.48. The van der Waals surface area contributed by atoms with Gasteiger partial charge in [-0.15, -0.1) is 10.2 Å². The van der Waals surface area contributed by atoms with E-state index in [1.807, 2.05) is 12.1 Å². The fourth-order valence-corrected chi connectivity index (χ4v) is 2.98. The lowest BCUT2D eigenvalue weighted by Gasteiger charge is -2.07. The zero-order valence-electron chi connectivity index (χ0n) is 13.7. The highest BCUT2D eigenvalue weighted by atomic mass is 32.2. The quantitative estimate of drug-likeness (QED) is 0.471. The van der Waals surface area contributed by atoms with Crippen LogP contribution >= 0.6 is 11.8 Å². The van der Waals surface area contributed by atoms with Gasteiger partial charge in [0, 0.05) is 23.7 Å². The lowest BCUT2D eigenvalue weighted by molar-refractivity contribution is 0.318. The summed E-state index contributed by atoms with van der Waals surface area (Å²) in [6, 6.07) is 9.94. The summed E-state index contributed by atoms with van der Waals surface area (Å²) in [4.78, 5) is 3.97. The monoisotopic (exact) mass is 341 g/mol. The number of aromatic nitrogens is 3. The second kappa shape index (κ2) is 7.97. The lowest BCUT2D eigenvalue weighted by Crippen LogP contribution is -1.99. The van der Waals surface area contributed by atoms with Gasteiger partial charge in [0.2, 0.25) is 5.89 Å². The van der Waals surface area contributed by atoms with Gasteiger partial charge in [0.15, 0.2) is 0 Å². The molecule has 2 aromatic heterocycles. The Kier molecular flexibility index (Phi) is 5.48. The zero-order valence-corrected chi connectivity index (χ0v) is 14.5. The SMILES string of the molecule is Cc1cc(C)cc(OCCCSc2nnc(-c3ccncc3)o2)c1. The molecule has 0 aliphatic rings. The number of nitrogens with zero attached hydrogens (tertiary/aromatic N) is 3. The Hall–Kier alpha value is -2.34. The minimum absolute atomic E-state index is 0.520. The van der Waals surface area contributed by atoms with Crippen LogP contribution in [0.3, 0.4) is 0 Å². The Morgan fingerprint density at radius 1 is 1.04 bits per heavy atom. The standard InChI is InChI=1S/C18H19N3O2S/c1-13-10-14(2)12-16(11-13)22-8-3-9-24-18-21-20-17(23-18)15-4-6-19-7-5-15/h4-7,10-12H,3,8-9H2,1-2H3. The van der Waals surface area contributed by atoms with E-state index in [0.717, 1.165) is 23.5 Å². The summed E-state index contributed by atoms with van der Waals surface area (Å²) in [6.45, 7) is 4.82. The number of aryl methyl sites for hydroxylation is 2. The number of thioether (sulfide) groups is 1. The van der Waals surface area contributed by atoms with E-state index in [-0.39, 0.29) is 0 Å². The van der Waals surface area contributed by atoms with Crippen LogP contribution in [0.25, 0.3) is 11.5 Å². The lowest BCUT2D eigenvalue weighted by atomic mass is 10.1. The number of hydrogen-bond acceptors (Lipinski definition) is 6. The molecule has 0 amide bonds. The van der Waals surface area contributed by atoms with Crippen molar-refractivity contribution in [3.05, 3.63) is 53.9 Å². The molecule has 1 aromatic carbocycles. The molecule has 0 spiro atoms. The van der Waals surface area contributed by atoms with Crippen molar-refractivity contribution in [2.24, 2.45) is 0 Å². The highest BCUT2D eigenvalue weighted by Gasteiger charge is 2.08. The van der Waals surface area contributed by atoms with Crippen LogP contribution in [0, 0.1) is 13.8 Å². The number of rotatable bonds is 7. The smallest absolute Gasteiger partial charge is 0.276 e. The Balaban J connectivity index is 1.43. The maximum absolute atomic E-state index is 5.79. The molecule has 0 fully saturated rings. The summed E-state index contributed by atoms with van der Waals surface area (Å²) in [7, 11) is 0. The molecule has 5 nitrogen and oxygen atoms in total. The van der Waals surface area contributed by atoms with Crippen LogP contribution in [0.15, 0.2) is 52.4 Å². The maximum Gasteiger partial charge on any atom is 0.276 e. The minimum Gasteiger partial charge on any atom is -0.494 e. The van der Waals surface area contributed by atoms with Crippen molar-refractivity contribution < 1.29 is 9.15 Å². The summed E-state index contributed by atoms with van der Waals surface area (Å²) in [5.74, 6) is 2.31. The van der Waals surface area contributed by atoms with E-state index in [1.54, 1.807) is 24.2 Å². The van der Waals surface area contributed by atoms with Gasteiger partial charge in [-0.25, -0.2) is 0 Å². The largest absolute Gasteiger partial charge is 0.494 e. The molecule has 0 unspecified atom stereocenters. The zero-order chi connectivity index (χ0) is 16.8. The van der Waals surface area contributed by atoms with Crippen LogP contribution in [-0.2, 0) is 0 Å². The van der Waals surface area contributed by atoms with E-state index in [1.165, 1.54) is 11.1 Å². The molecule has 0 bridgehead atoms. The van der Waals surface area contributed by atoms with E-state index in [2.05, 4.69) is 47.2 Å². The Morgan fingerprint density at radius 3 is 2.54 bits per heavy atom. The van der Waals surface area contributed by atoms with E-state index in [9.17, 15) is 0 Å². The van der Waals surface area contributed by atoms with Crippen molar-refractivity contribution in [1.82, 2.24) is 15.2 Å². The molecule has 3 rings (SSSR count). The molecule has 6 heteroatoms. The Labute approximate surface area is 145 Å². The van der Waals surface area contributed by atoms with Crippen LogP contribution in [0.1, 0.15) is 17.5 Å². The Morgan fingerprint density at radius 2 is 1.79 bits per heavy atom. The van der Waals surface area contributed by atoms with Crippen molar-refractivity contribution in [2.75, 3.05) is 12.4 Å². The molecule has 3 aromatic rings. The predicted octanol–water partition coefficient (Wildman–Crippen LogP) is 4.31. The summed E-state index contributed by atoms with van der Waals surface area (Å²) in [5, 5.41) is 8.69. The van der Waals surface area contributed by atoms with Crippen molar-refractivity contribution >= 4 is 11.8 Å². The first-order valence-corrected chi connectivity index (χ1v) is 8.77. The molecule has 124 valence electrons. The fourth-order valence-electron chi connectivity index (χ4n) is 2.30. The van der Waals surface area contributed by atoms with Crippen molar-refractivity contribution in [2.45, 2.75) is 25.5 Å². The van der Waals surface area contributed by atoms with E-state index >= 15 is 0 Å². The van der Waals surface area contributed by atoms with Crippen molar-refractivity contribution in [3.8, 4) is 17.2 Å².